The molecular formula is C40H63N9O12. The fourth-order valence-corrected chi connectivity index (χ4v) is 6.29. The van der Waals surface area contributed by atoms with Crippen LogP contribution in [0.3, 0.4) is 0 Å². The van der Waals surface area contributed by atoms with Gasteiger partial charge in [-0.15, -0.1) is 0 Å². The number of unbranched alkanes of at least 4 members (excludes halogenated alkanes) is 1. The number of nitrogens with two attached hydrogens (primary N) is 2. The van der Waals surface area contributed by atoms with Crippen LogP contribution in [0.1, 0.15) is 78.7 Å². The Morgan fingerprint density at radius 1 is 0.705 bits per heavy atom. The molecule has 61 heavy (non-hydrogen) atoms. The van der Waals surface area contributed by atoms with Crippen LogP contribution in [0.2, 0.25) is 0 Å². The number of hydrogen-bond donors (Lipinski definition) is 13. The molecule has 15 N–H and O–H groups in total. The molecule has 1 aromatic heterocycles. The van der Waals surface area contributed by atoms with Crippen LogP contribution < -0.4 is 43.4 Å². The predicted octanol–water partition coefficient (Wildman–Crippen LogP) is -1.90. The van der Waals surface area contributed by atoms with E-state index in [-0.39, 0.29) is 6.42 Å². The highest BCUT2D eigenvalue weighted by Crippen LogP contribution is 2.20. The van der Waals surface area contributed by atoms with Gasteiger partial charge in [-0.1, -0.05) is 58.7 Å². The molecule has 0 saturated carbocycles. The Kier molecular flexibility index (Phi) is 21.3. The smallest absolute Gasteiger partial charge is 0.328 e. The van der Waals surface area contributed by atoms with Crippen molar-refractivity contribution in [2.24, 2.45) is 23.3 Å². The molecule has 0 unspecified atom stereocenters. The van der Waals surface area contributed by atoms with E-state index in [4.69, 9.17) is 11.5 Å². The van der Waals surface area contributed by atoms with E-state index in [1.165, 1.54) is 0 Å². The molecule has 1 heterocycles. The second-order valence-electron chi connectivity index (χ2n) is 15.4. The molecule has 0 bridgehead atoms. The number of amides is 6. The van der Waals surface area contributed by atoms with Gasteiger partial charge in [-0.2, -0.15) is 0 Å². The maximum absolute atomic E-state index is 14.1. The molecule has 6 amide bonds. The van der Waals surface area contributed by atoms with E-state index in [1.807, 2.05) is 29.6 Å². The zero-order valence-corrected chi connectivity index (χ0v) is 35.2. The molecule has 21 nitrogen and oxygen atoms in total. The molecule has 0 aliphatic rings. The summed E-state index contributed by atoms with van der Waals surface area (Å²) in [6, 6.07) is -2.49. The molecule has 0 saturated heterocycles. The molecule has 0 spiro atoms. The van der Waals surface area contributed by atoms with Gasteiger partial charge in [0.1, 0.15) is 30.2 Å². The number of aliphatic hydroxyl groups excluding tert-OH is 2. The van der Waals surface area contributed by atoms with Crippen LogP contribution in [-0.4, -0.2) is 134 Å². The molecule has 0 radical (unpaired) electrons. The standard InChI is InChI=1S/C40H63N9O12/c1-6-21(4)32(48-36(56)28(45-34(54)25(42)12-9-10-16-41)17-23-18-43-26-13-8-7-11-24(23)26)39(59)47-31(20(2)3)38(58)46-29(19-50)37(57)44-27(14-15-30(52)53)35(55)49-33(22(5)51)40(60)61/h7-8,11,13,18,20-22,25,27-29,31-33,43,50-51H,6,9-10,12,14-17,19,41-42H2,1-5H3,(H,44,57)(H,45,54)(H,46,58)(H,47,59)(H,48,56)(H,49,55)(H,52,53)(H,60,61)/t21-,22+,25-,27-,28-,29-,31-,32-,33-/m0/s1. The van der Waals surface area contributed by atoms with E-state index >= 15 is 0 Å². The molecule has 2 rings (SSSR count). The van der Waals surface area contributed by atoms with Gasteiger partial charge in [0.25, 0.3) is 0 Å². The van der Waals surface area contributed by atoms with Crippen molar-refractivity contribution in [3.8, 4) is 0 Å². The molecule has 0 aliphatic carbocycles. The SMILES string of the molecule is CC[C@H](C)[C@H](NC(=O)[C@H](Cc1c[nH]c2ccccc12)NC(=O)[C@@H](N)CCCCN)C(=O)N[C@H](C(=O)N[C@@H](CO)C(=O)N[C@@H](CCC(=O)O)C(=O)N[C@H](C(=O)O)[C@@H](C)O)C(C)C. The van der Waals surface area contributed by atoms with E-state index in [2.05, 4.69) is 31.6 Å². The third-order valence-corrected chi connectivity index (χ3v) is 10.2. The number of benzene rings is 1. The number of aromatic nitrogens is 1. The summed E-state index contributed by atoms with van der Waals surface area (Å²) < 4.78 is 0. The van der Waals surface area contributed by atoms with Crippen molar-refractivity contribution in [3.63, 3.8) is 0 Å². The topological polar surface area (TPSA) is 357 Å². The van der Waals surface area contributed by atoms with Crippen LogP contribution in [0.15, 0.2) is 30.5 Å². The molecule has 0 aliphatic heterocycles. The average Bonchev–Trinajstić information content (AvgIpc) is 3.62. The van der Waals surface area contributed by atoms with E-state index in [0.717, 1.165) is 23.4 Å². The maximum Gasteiger partial charge on any atom is 0.328 e. The number of carboxylic acid groups (broad SMARTS) is 2. The van der Waals surface area contributed by atoms with Crippen molar-refractivity contribution in [2.45, 2.75) is 128 Å². The van der Waals surface area contributed by atoms with Crippen molar-refractivity contribution >= 4 is 58.3 Å². The number of aliphatic hydroxyl groups is 2. The zero-order chi connectivity index (χ0) is 46.0. The lowest BCUT2D eigenvalue weighted by Gasteiger charge is -2.30. The first-order valence-corrected chi connectivity index (χ1v) is 20.3. The molecule has 0 fully saturated rings. The summed E-state index contributed by atoms with van der Waals surface area (Å²) in [5.74, 6) is -9.34. The number of hydrogen-bond acceptors (Lipinski definition) is 12. The van der Waals surface area contributed by atoms with Gasteiger partial charge in [-0.25, -0.2) is 4.79 Å². The fourth-order valence-electron chi connectivity index (χ4n) is 6.29. The first kappa shape index (κ1) is 51.5. The van der Waals surface area contributed by atoms with E-state index in [1.54, 1.807) is 33.9 Å². The van der Waals surface area contributed by atoms with E-state index in [9.17, 15) is 58.8 Å². The summed E-state index contributed by atoms with van der Waals surface area (Å²) >= 11 is 0. The Morgan fingerprint density at radius 2 is 1.26 bits per heavy atom. The van der Waals surface area contributed by atoms with Gasteiger partial charge in [0.05, 0.1) is 18.8 Å². The first-order valence-electron chi connectivity index (χ1n) is 20.3. The zero-order valence-electron chi connectivity index (χ0n) is 35.2. The molecule has 340 valence electrons. The Bertz CT molecular complexity index is 1820. The number of para-hydroxylation sites is 1. The fraction of sp³-hybridized carbons (Fsp3) is 0.600. The Morgan fingerprint density at radius 3 is 1.84 bits per heavy atom. The van der Waals surface area contributed by atoms with E-state index in [0.29, 0.717) is 32.2 Å². The molecule has 21 heteroatoms. The van der Waals surface area contributed by atoms with Gasteiger partial charge in [-0.3, -0.25) is 33.6 Å². The lowest BCUT2D eigenvalue weighted by molar-refractivity contribution is -0.145. The first-order chi connectivity index (χ1) is 28.7. The number of fused-ring (bicyclic) bond motifs is 1. The highest BCUT2D eigenvalue weighted by molar-refractivity contribution is 5.97. The summed E-state index contributed by atoms with van der Waals surface area (Å²) in [5.41, 5.74) is 13.3. The van der Waals surface area contributed by atoms with Gasteiger partial charge < -0.3 is 68.8 Å². The largest absolute Gasteiger partial charge is 0.481 e. The van der Waals surface area contributed by atoms with Crippen molar-refractivity contribution in [1.29, 1.82) is 0 Å². The number of carboxylic acids is 2. The minimum Gasteiger partial charge on any atom is -0.481 e. The number of aromatic amines is 1. The lowest BCUT2D eigenvalue weighted by atomic mass is 9.95. The normalized spacial score (nSPS) is 15.8. The van der Waals surface area contributed by atoms with Crippen LogP contribution >= 0.6 is 0 Å². The van der Waals surface area contributed by atoms with Crippen LogP contribution in [0.25, 0.3) is 10.9 Å². The van der Waals surface area contributed by atoms with Gasteiger partial charge in [0.2, 0.25) is 35.4 Å². The van der Waals surface area contributed by atoms with Gasteiger partial charge in [0.15, 0.2) is 6.04 Å². The monoisotopic (exact) mass is 861 g/mol. The van der Waals surface area contributed by atoms with Crippen LogP contribution in [0, 0.1) is 11.8 Å². The van der Waals surface area contributed by atoms with Crippen LogP contribution in [0.5, 0.6) is 0 Å². The number of H-pyrrole nitrogens is 1. The quantitative estimate of drug-likeness (QED) is 0.0437. The summed E-state index contributed by atoms with van der Waals surface area (Å²) in [5, 5.41) is 53.9. The Hall–Kier alpha value is -5.64. The second kappa shape index (κ2) is 25.2. The number of carbonyl (C=O) groups excluding carboxylic acids is 6. The van der Waals surface area contributed by atoms with Crippen LogP contribution in [0.4, 0.5) is 0 Å². The highest BCUT2D eigenvalue weighted by Gasteiger charge is 2.36. The molecule has 1 aromatic carbocycles. The minimum absolute atomic E-state index is 0.0348. The number of rotatable bonds is 27. The number of aliphatic carboxylic acids is 2. The minimum atomic E-state index is -1.80. The number of carbonyl (C=O) groups is 8. The average molecular weight is 862 g/mol. The Balaban J connectivity index is 2.31. The summed E-state index contributed by atoms with van der Waals surface area (Å²) in [6.07, 6.45) is 1.01. The van der Waals surface area contributed by atoms with Crippen LogP contribution in [-0.2, 0) is 44.8 Å². The second-order valence-corrected chi connectivity index (χ2v) is 15.4. The highest BCUT2D eigenvalue weighted by atomic mass is 16.4. The summed E-state index contributed by atoms with van der Waals surface area (Å²) in [7, 11) is 0. The summed E-state index contributed by atoms with van der Waals surface area (Å²) in [6.45, 7) is 7.18. The maximum atomic E-state index is 14.1. The number of nitrogens with one attached hydrogen (secondary N) is 7. The van der Waals surface area contributed by atoms with Crippen molar-refractivity contribution in [3.05, 3.63) is 36.0 Å². The summed E-state index contributed by atoms with van der Waals surface area (Å²) in [4.78, 5) is 107. The molecule has 9 atom stereocenters. The van der Waals surface area contributed by atoms with Gasteiger partial charge >= 0.3 is 11.9 Å². The molecule has 2 aromatic rings. The lowest BCUT2D eigenvalue weighted by Crippen LogP contribution is -2.62. The van der Waals surface area contributed by atoms with Crippen molar-refractivity contribution in [1.82, 2.24) is 36.9 Å². The third kappa shape index (κ3) is 16.1. The predicted molar refractivity (Wildman–Crippen MR) is 222 cm³/mol. The molecular weight excluding hydrogens is 798 g/mol. The third-order valence-electron chi connectivity index (χ3n) is 10.2. The Labute approximate surface area is 353 Å². The van der Waals surface area contributed by atoms with E-state index < -0.39 is 127 Å². The van der Waals surface area contributed by atoms with Crippen molar-refractivity contribution < 1.29 is 58.8 Å². The van der Waals surface area contributed by atoms with Crippen molar-refractivity contribution in [2.75, 3.05) is 13.2 Å². The van der Waals surface area contributed by atoms with Gasteiger partial charge in [-0.05, 0) is 56.2 Å². The van der Waals surface area contributed by atoms with Gasteiger partial charge in [0, 0.05) is 29.9 Å².